The first-order chi connectivity index (χ1) is 15.5. The van der Waals surface area contributed by atoms with Crippen molar-refractivity contribution in [3.63, 3.8) is 0 Å². The summed E-state index contributed by atoms with van der Waals surface area (Å²) in [5.41, 5.74) is 2.58. The highest BCUT2D eigenvalue weighted by molar-refractivity contribution is 6.31. The molecule has 32 heavy (non-hydrogen) atoms. The molecule has 5 rings (SSSR count). The Balaban J connectivity index is 1.20. The van der Waals surface area contributed by atoms with Gasteiger partial charge in [0.15, 0.2) is 5.89 Å². The van der Waals surface area contributed by atoms with Gasteiger partial charge in [0.2, 0.25) is 5.91 Å². The van der Waals surface area contributed by atoms with Crippen LogP contribution in [0.25, 0.3) is 22.2 Å². The lowest BCUT2D eigenvalue weighted by atomic mass is 9.81. The average Bonchev–Trinajstić information content (AvgIpc) is 3.30. The Labute approximate surface area is 195 Å². The number of fused-ring (bicyclic) bond motifs is 1. The van der Waals surface area contributed by atoms with Gasteiger partial charge in [-0.15, -0.1) is 0 Å². The second-order valence-corrected chi connectivity index (χ2v) is 9.02. The van der Waals surface area contributed by atoms with Gasteiger partial charge in [0.25, 0.3) is 0 Å². The Morgan fingerprint density at radius 1 is 0.906 bits per heavy atom. The first kappa shape index (κ1) is 21.0. The molecule has 5 nitrogen and oxygen atoms in total. The zero-order chi connectivity index (χ0) is 22.1. The molecule has 1 amide bonds. The van der Waals surface area contributed by atoms with E-state index in [2.05, 4.69) is 15.3 Å². The van der Waals surface area contributed by atoms with Crippen LogP contribution in [0, 0.1) is 5.92 Å². The Morgan fingerprint density at radius 2 is 1.66 bits per heavy atom. The Kier molecular flexibility index (Phi) is 5.85. The second-order valence-electron chi connectivity index (χ2n) is 8.15. The molecular formula is C25H21Cl2N3O2. The van der Waals surface area contributed by atoms with Crippen LogP contribution in [-0.2, 0) is 4.79 Å². The van der Waals surface area contributed by atoms with E-state index in [1.54, 1.807) is 12.3 Å². The summed E-state index contributed by atoms with van der Waals surface area (Å²) in [5.74, 6) is 1.50. The Hall–Kier alpha value is -2.89. The largest absolute Gasteiger partial charge is 0.448 e. The predicted octanol–water partition coefficient (Wildman–Crippen LogP) is 7.11. The summed E-state index contributed by atoms with van der Waals surface area (Å²) in [4.78, 5) is 22.0. The van der Waals surface area contributed by atoms with Crippen molar-refractivity contribution >= 4 is 45.8 Å². The number of nitrogens with zero attached hydrogens (tertiary/aromatic N) is 2. The lowest BCUT2D eigenvalue weighted by molar-refractivity contribution is -0.120. The number of carbonyl (C=O) groups excluding carboxylic acids is 1. The lowest BCUT2D eigenvalue weighted by Crippen LogP contribution is -2.27. The molecule has 4 aromatic rings. The van der Waals surface area contributed by atoms with Crippen LogP contribution in [0.15, 0.2) is 65.3 Å². The molecule has 1 fully saturated rings. The minimum atomic E-state index is -0.0420. The van der Waals surface area contributed by atoms with Crippen LogP contribution in [0.1, 0.15) is 37.5 Å². The number of hydrogen-bond acceptors (Lipinski definition) is 4. The third-order valence-electron chi connectivity index (χ3n) is 6.01. The van der Waals surface area contributed by atoms with Crippen molar-refractivity contribution in [1.82, 2.24) is 9.97 Å². The quantitative estimate of drug-likeness (QED) is 0.348. The fourth-order valence-electron chi connectivity index (χ4n) is 4.23. The Bertz CT molecular complexity index is 1260. The van der Waals surface area contributed by atoms with E-state index in [1.807, 2.05) is 48.5 Å². The molecule has 2 heterocycles. The molecule has 0 bridgehead atoms. The molecule has 1 N–H and O–H groups in total. The highest BCUT2D eigenvalue weighted by Crippen LogP contribution is 2.37. The summed E-state index contributed by atoms with van der Waals surface area (Å²) in [6.07, 6.45) is 5.00. The van der Waals surface area contributed by atoms with Crippen LogP contribution in [0.5, 0.6) is 0 Å². The lowest BCUT2D eigenvalue weighted by Gasteiger charge is -2.25. The number of rotatable bonds is 4. The number of hydrogen-bond donors (Lipinski definition) is 1. The van der Waals surface area contributed by atoms with E-state index in [1.165, 1.54) is 0 Å². The van der Waals surface area contributed by atoms with Crippen molar-refractivity contribution in [1.29, 1.82) is 0 Å². The summed E-state index contributed by atoms with van der Waals surface area (Å²) >= 11 is 12.0. The molecule has 0 aliphatic heterocycles. The number of carbonyl (C=O) groups is 1. The topological polar surface area (TPSA) is 68.0 Å². The van der Waals surface area contributed by atoms with E-state index in [9.17, 15) is 4.79 Å². The minimum Gasteiger partial charge on any atom is -0.448 e. The van der Waals surface area contributed by atoms with Gasteiger partial charge in [-0.25, -0.2) is 9.97 Å². The van der Waals surface area contributed by atoms with Crippen LogP contribution in [-0.4, -0.2) is 15.9 Å². The van der Waals surface area contributed by atoms with Gasteiger partial charge in [-0.1, -0.05) is 35.3 Å². The third-order valence-corrected chi connectivity index (χ3v) is 6.50. The fraction of sp³-hybridized carbons (Fsp3) is 0.240. The van der Waals surface area contributed by atoms with Crippen molar-refractivity contribution in [3.8, 4) is 11.3 Å². The Morgan fingerprint density at radius 3 is 2.44 bits per heavy atom. The van der Waals surface area contributed by atoms with E-state index >= 15 is 0 Å². The molecule has 7 heteroatoms. The fourth-order valence-corrected chi connectivity index (χ4v) is 4.53. The maximum absolute atomic E-state index is 12.8. The summed E-state index contributed by atoms with van der Waals surface area (Å²) in [7, 11) is 0. The smallest absolute Gasteiger partial charge is 0.228 e. The number of nitrogens with one attached hydrogen (secondary N) is 1. The zero-order valence-electron chi connectivity index (χ0n) is 17.2. The molecule has 162 valence electrons. The van der Waals surface area contributed by atoms with E-state index < -0.39 is 0 Å². The molecule has 1 saturated carbocycles. The van der Waals surface area contributed by atoms with E-state index in [0.29, 0.717) is 15.9 Å². The van der Waals surface area contributed by atoms with Crippen LogP contribution in [0.3, 0.4) is 0 Å². The van der Waals surface area contributed by atoms with Crippen LogP contribution < -0.4 is 5.32 Å². The normalized spacial score (nSPS) is 18.6. The number of pyridine rings is 1. The molecule has 0 unspecified atom stereocenters. The maximum atomic E-state index is 12.8. The van der Waals surface area contributed by atoms with Crippen molar-refractivity contribution < 1.29 is 9.21 Å². The zero-order valence-corrected chi connectivity index (χ0v) is 18.7. The number of benzene rings is 2. The molecule has 0 spiro atoms. The van der Waals surface area contributed by atoms with Gasteiger partial charge < -0.3 is 9.73 Å². The number of anilines is 1. The van der Waals surface area contributed by atoms with Crippen LogP contribution in [0.2, 0.25) is 10.0 Å². The first-order valence-corrected chi connectivity index (χ1v) is 11.4. The van der Waals surface area contributed by atoms with Gasteiger partial charge in [-0.3, -0.25) is 4.79 Å². The number of amides is 1. The van der Waals surface area contributed by atoms with Gasteiger partial charge in [0, 0.05) is 32.8 Å². The standard InChI is InChI=1S/C25H21Cl2N3O2/c26-19-8-5-15(6-9-19)22-14-32-25(29-22)17-3-1-16(2-4-17)24(31)30-23-12-7-18-13-20(27)10-11-21(18)28-23/h5-14,16-17H,1-4H2,(H,28,30,31). The highest BCUT2D eigenvalue weighted by Gasteiger charge is 2.29. The van der Waals surface area contributed by atoms with Crippen molar-refractivity contribution in [3.05, 3.63) is 76.8 Å². The predicted molar refractivity (Wildman–Crippen MR) is 127 cm³/mol. The number of aromatic nitrogens is 2. The summed E-state index contributed by atoms with van der Waals surface area (Å²) in [5, 5.41) is 5.27. The number of oxazole rings is 1. The van der Waals surface area contributed by atoms with Gasteiger partial charge in [0.1, 0.15) is 17.8 Å². The first-order valence-electron chi connectivity index (χ1n) is 10.6. The minimum absolute atomic E-state index is 0.0125. The van der Waals surface area contributed by atoms with Crippen molar-refractivity contribution in [2.75, 3.05) is 5.32 Å². The second kappa shape index (κ2) is 8.93. The molecule has 1 aliphatic rings. The van der Waals surface area contributed by atoms with Gasteiger partial charge in [-0.05, 0) is 68.1 Å². The SMILES string of the molecule is O=C(Nc1ccc2cc(Cl)ccc2n1)C1CCC(c2nc(-c3ccc(Cl)cc3)co2)CC1. The van der Waals surface area contributed by atoms with Crippen LogP contribution in [0.4, 0.5) is 5.82 Å². The van der Waals surface area contributed by atoms with Crippen molar-refractivity contribution in [2.45, 2.75) is 31.6 Å². The average molecular weight is 466 g/mol. The van der Waals surface area contributed by atoms with Gasteiger partial charge >= 0.3 is 0 Å². The van der Waals surface area contributed by atoms with Gasteiger partial charge in [0.05, 0.1) is 5.52 Å². The van der Waals surface area contributed by atoms with E-state index in [-0.39, 0.29) is 17.7 Å². The summed E-state index contributed by atoms with van der Waals surface area (Å²) < 4.78 is 5.77. The highest BCUT2D eigenvalue weighted by atomic mass is 35.5. The molecule has 2 aromatic heterocycles. The van der Waals surface area contributed by atoms with Crippen LogP contribution >= 0.6 is 23.2 Å². The third kappa shape index (κ3) is 4.50. The van der Waals surface area contributed by atoms with E-state index in [0.717, 1.165) is 53.7 Å². The van der Waals surface area contributed by atoms with E-state index in [4.69, 9.17) is 27.6 Å². The summed E-state index contributed by atoms with van der Waals surface area (Å²) in [6.45, 7) is 0. The monoisotopic (exact) mass is 465 g/mol. The molecular weight excluding hydrogens is 445 g/mol. The molecule has 2 aromatic carbocycles. The number of halogens is 2. The molecule has 1 aliphatic carbocycles. The summed E-state index contributed by atoms with van der Waals surface area (Å²) in [6, 6.07) is 16.8. The molecule has 0 atom stereocenters. The molecule has 0 radical (unpaired) electrons. The molecule has 0 saturated heterocycles. The van der Waals surface area contributed by atoms with Gasteiger partial charge in [-0.2, -0.15) is 0 Å². The van der Waals surface area contributed by atoms with Crippen molar-refractivity contribution in [2.24, 2.45) is 5.92 Å². The maximum Gasteiger partial charge on any atom is 0.228 e.